The number of amides is 1. The van der Waals surface area contributed by atoms with Gasteiger partial charge in [0.05, 0.1) is 6.42 Å². The Morgan fingerprint density at radius 3 is 2.67 bits per heavy atom. The highest BCUT2D eigenvalue weighted by molar-refractivity contribution is 5.80. The third kappa shape index (κ3) is 4.05. The number of aryl methyl sites for hydroxylation is 1. The Bertz CT molecular complexity index is 640. The van der Waals surface area contributed by atoms with Gasteiger partial charge in [-0.05, 0) is 41.8 Å². The molecular formula is C17H19FN2O. The summed E-state index contributed by atoms with van der Waals surface area (Å²) in [6.45, 7) is 2.47. The van der Waals surface area contributed by atoms with E-state index < -0.39 is 0 Å². The average molecular weight is 286 g/mol. The van der Waals surface area contributed by atoms with Gasteiger partial charge < -0.3 is 10.6 Å². The Labute approximate surface area is 124 Å². The lowest BCUT2D eigenvalue weighted by Crippen LogP contribution is -2.20. The molecule has 0 saturated carbocycles. The lowest BCUT2D eigenvalue weighted by Gasteiger charge is -2.13. The van der Waals surface area contributed by atoms with Crippen LogP contribution in [0.4, 0.5) is 10.1 Å². The molecular weight excluding hydrogens is 267 g/mol. The number of likely N-dealkylation sites (N-methyl/N-ethyl adjacent to an activating group) is 1. The van der Waals surface area contributed by atoms with E-state index in [0.29, 0.717) is 13.0 Å². The van der Waals surface area contributed by atoms with E-state index in [1.54, 1.807) is 13.1 Å². The fraction of sp³-hybridized carbons (Fsp3) is 0.235. The number of carbonyl (C=O) groups is 1. The summed E-state index contributed by atoms with van der Waals surface area (Å²) >= 11 is 0. The SMILES string of the molecule is CNC(=O)Cc1ccccc1NCc1cc(F)ccc1C. The molecule has 0 atom stereocenters. The number of halogens is 1. The second kappa shape index (κ2) is 6.88. The van der Waals surface area contributed by atoms with Crippen LogP contribution in [0.2, 0.25) is 0 Å². The largest absolute Gasteiger partial charge is 0.381 e. The molecule has 0 spiro atoms. The molecule has 2 aromatic rings. The number of carbonyl (C=O) groups excluding carboxylic acids is 1. The van der Waals surface area contributed by atoms with Crippen molar-refractivity contribution in [3.63, 3.8) is 0 Å². The molecule has 0 bridgehead atoms. The van der Waals surface area contributed by atoms with Crippen LogP contribution in [0.25, 0.3) is 0 Å². The number of nitrogens with one attached hydrogen (secondary N) is 2. The first-order chi connectivity index (χ1) is 10.1. The van der Waals surface area contributed by atoms with Gasteiger partial charge in [-0.3, -0.25) is 4.79 Å². The van der Waals surface area contributed by atoms with Crippen molar-refractivity contribution in [1.29, 1.82) is 0 Å². The number of para-hydroxylation sites is 1. The summed E-state index contributed by atoms with van der Waals surface area (Å²) in [6.07, 6.45) is 0.321. The van der Waals surface area contributed by atoms with Crippen LogP contribution in [0.5, 0.6) is 0 Å². The Hall–Kier alpha value is -2.36. The number of anilines is 1. The minimum atomic E-state index is -0.240. The summed E-state index contributed by atoms with van der Waals surface area (Å²) < 4.78 is 13.3. The van der Waals surface area contributed by atoms with Gasteiger partial charge in [0.15, 0.2) is 0 Å². The van der Waals surface area contributed by atoms with E-state index in [1.165, 1.54) is 12.1 Å². The van der Waals surface area contributed by atoms with Crippen molar-refractivity contribution in [1.82, 2.24) is 5.32 Å². The quantitative estimate of drug-likeness (QED) is 0.887. The van der Waals surface area contributed by atoms with Gasteiger partial charge in [0, 0.05) is 19.3 Å². The number of hydrogen-bond acceptors (Lipinski definition) is 2. The summed E-state index contributed by atoms with van der Waals surface area (Å²) in [5.41, 5.74) is 3.76. The minimum absolute atomic E-state index is 0.0359. The van der Waals surface area contributed by atoms with E-state index in [4.69, 9.17) is 0 Å². The predicted octanol–water partition coefficient (Wildman–Crippen LogP) is 3.03. The van der Waals surface area contributed by atoms with E-state index in [9.17, 15) is 9.18 Å². The van der Waals surface area contributed by atoms with Crippen molar-refractivity contribution in [2.75, 3.05) is 12.4 Å². The van der Waals surface area contributed by atoms with Gasteiger partial charge in [-0.1, -0.05) is 24.3 Å². The zero-order valence-electron chi connectivity index (χ0n) is 12.2. The van der Waals surface area contributed by atoms with E-state index in [0.717, 1.165) is 22.4 Å². The van der Waals surface area contributed by atoms with Gasteiger partial charge >= 0.3 is 0 Å². The van der Waals surface area contributed by atoms with Crippen molar-refractivity contribution in [3.8, 4) is 0 Å². The fourth-order valence-corrected chi connectivity index (χ4v) is 2.13. The zero-order valence-corrected chi connectivity index (χ0v) is 12.2. The van der Waals surface area contributed by atoms with Crippen molar-refractivity contribution >= 4 is 11.6 Å². The molecule has 0 saturated heterocycles. The van der Waals surface area contributed by atoms with Crippen LogP contribution in [0.15, 0.2) is 42.5 Å². The van der Waals surface area contributed by atoms with Gasteiger partial charge in [0.1, 0.15) is 5.82 Å². The maximum atomic E-state index is 13.3. The number of rotatable bonds is 5. The van der Waals surface area contributed by atoms with Crippen LogP contribution < -0.4 is 10.6 Å². The monoisotopic (exact) mass is 286 g/mol. The van der Waals surface area contributed by atoms with E-state index >= 15 is 0 Å². The minimum Gasteiger partial charge on any atom is -0.381 e. The molecule has 0 aliphatic rings. The van der Waals surface area contributed by atoms with Gasteiger partial charge in [-0.2, -0.15) is 0 Å². The van der Waals surface area contributed by atoms with Crippen LogP contribution in [-0.2, 0) is 17.8 Å². The molecule has 0 heterocycles. The van der Waals surface area contributed by atoms with Crippen LogP contribution >= 0.6 is 0 Å². The second-order valence-corrected chi connectivity index (χ2v) is 4.93. The zero-order chi connectivity index (χ0) is 15.2. The lowest BCUT2D eigenvalue weighted by molar-refractivity contribution is -0.119. The third-order valence-corrected chi connectivity index (χ3v) is 3.43. The van der Waals surface area contributed by atoms with E-state index in [2.05, 4.69) is 10.6 Å². The number of hydrogen-bond donors (Lipinski definition) is 2. The van der Waals surface area contributed by atoms with Gasteiger partial charge in [-0.25, -0.2) is 4.39 Å². The first kappa shape index (κ1) is 15.0. The van der Waals surface area contributed by atoms with Crippen molar-refractivity contribution in [2.45, 2.75) is 19.9 Å². The number of benzene rings is 2. The first-order valence-corrected chi connectivity index (χ1v) is 6.87. The molecule has 21 heavy (non-hydrogen) atoms. The maximum Gasteiger partial charge on any atom is 0.224 e. The second-order valence-electron chi connectivity index (χ2n) is 4.93. The molecule has 0 radical (unpaired) electrons. The molecule has 0 aliphatic heterocycles. The Morgan fingerprint density at radius 2 is 1.90 bits per heavy atom. The standard InChI is InChI=1S/C17H19FN2O/c1-12-7-8-15(18)9-14(12)11-20-16-6-4-3-5-13(16)10-17(21)19-2/h3-9,20H,10-11H2,1-2H3,(H,19,21). The van der Waals surface area contributed by atoms with Crippen molar-refractivity contribution in [2.24, 2.45) is 0 Å². The Balaban J connectivity index is 2.13. The fourth-order valence-electron chi connectivity index (χ4n) is 2.13. The smallest absolute Gasteiger partial charge is 0.224 e. The first-order valence-electron chi connectivity index (χ1n) is 6.87. The average Bonchev–Trinajstić information content (AvgIpc) is 2.49. The van der Waals surface area contributed by atoms with Crippen LogP contribution in [-0.4, -0.2) is 13.0 Å². The summed E-state index contributed by atoms with van der Waals surface area (Å²) in [5.74, 6) is -0.276. The highest BCUT2D eigenvalue weighted by Crippen LogP contribution is 2.18. The lowest BCUT2D eigenvalue weighted by atomic mass is 10.1. The van der Waals surface area contributed by atoms with Gasteiger partial charge in [0.25, 0.3) is 0 Å². The normalized spacial score (nSPS) is 10.2. The van der Waals surface area contributed by atoms with Crippen LogP contribution in [0.1, 0.15) is 16.7 Å². The van der Waals surface area contributed by atoms with E-state index in [-0.39, 0.29) is 11.7 Å². The molecule has 1 amide bonds. The molecule has 0 unspecified atom stereocenters. The van der Waals surface area contributed by atoms with Crippen molar-refractivity contribution in [3.05, 3.63) is 65.0 Å². The highest BCUT2D eigenvalue weighted by atomic mass is 19.1. The Morgan fingerprint density at radius 1 is 1.14 bits per heavy atom. The molecule has 0 aliphatic carbocycles. The van der Waals surface area contributed by atoms with Gasteiger partial charge in [-0.15, -0.1) is 0 Å². The predicted molar refractivity (Wildman–Crippen MR) is 82.7 cm³/mol. The summed E-state index contributed by atoms with van der Waals surface area (Å²) in [6, 6.07) is 12.4. The molecule has 3 nitrogen and oxygen atoms in total. The van der Waals surface area contributed by atoms with Crippen molar-refractivity contribution < 1.29 is 9.18 Å². The molecule has 2 aromatic carbocycles. The summed E-state index contributed by atoms with van der Waals surface area (Å²) in [7, 11) is 1.62. The van der Waals surface area contributed by atoms with Crippen LogP contribution in [0.3, 0.4) is 0 Å². The maximum absolute atomic E-state index is 13.3. The molecule has 0 fully saturated rings. The highest BCUT2D eigenvalue weighted by Gasteiger charge is 2.07. The van der Waals surface area contributed by atoms with E-state index in [1.807, 2.05) is 31.2 Å². The molecule has 2 N–H and O–H groups in total. The van der Waals surface area contributed by atoms with Crippen LogP contribution in [0, 0.1) is 12.7 Å². The Kier molecular flexibility index (Phi) is 4.93. The third-order valence-electron chi connectivity index (χ3n) is 3.43. The molecule has 4 heteroatoms. The molecule has 0 aromatic heterocycles. The van der Waals surface area contributed by atoms with Gasteiger partial charge in [0.2, 0.25) is 5.91 Å². The molecule has 2 rings (SSSR count). The topological polar surface area (TPSA) is 41.1 Å². The summed E-state index contributed by atoms with van der Waals surface area (Å²) in [5, 5.41) is 5.90. The molecule has 110 valence electrons. The summed E-state index contributed by atoms with van der Waals surface area (Å²) in [4.78, 5) is 11.5.